The molecule has 1 aromatic rings. The van der Waals surface area contributed by atoms with Gasteiger partial charge in [0.15, 0.2) is 5.76 Å². The number of rotatable bonds is 1. The topological polar surface area (TPSA) is 59.1 Å². The van der Waals surface area contributed by atoms with E-state index in [9.17, 15) is 9.59 Å². The average Bonchev–Trinajstić information content (AvgIpc) is 3.00. The van der Waals surface area contributed by atoms with Crippen molar-refractivity contribution >= 4 is 11.8 Å². The van der Waals surface area contributed by atoms with E-state index in [4.69, 9.17) is 4.74 Å². The van der Waals surface area contributed by atoms with Crippen LogP contribution in [0.4, 0.5) is 0 Å². The SMILES string of the molecule is C=C1Oc2cc(C)ccc2C1=O.CN(C)C1OC1=O. The molecule has 0 radical (unpaired) electrons. The molecular formula is C14H15NO4. The summed E-state index contributed by atoms with van der Waals surface area (Å²) in [4.78, 5) is 23.1. The number of likely N-dealkylation sites (N-methyl/N-ethyl adjacent to an activating group) is 1. The summed E-state index contributed by atoms with van der Waals surface area (Å²) in [6.45, 7) is 5.46. The average molecular weight is 261 g/mol. The molecule has 3 rings (SSSR count). The predicted molar refractivity (Wildman–Crippen MR) is 68.8 cm³/mol. The number of hydrogen-bond donors (Lipinski definition) is 0. The van der Waals surface area contributed by atoms with Crippen LogP contribution in [0.5, 0.6) is 5.75 Å². The highest BCUT2D eigenvalue weighted by atomic mass is 16.7. The van der Waals surface area contributed by atoms with Crippen LogP contribution in [0.3, 0.4) is 0 Å². The maximum atomic E-state index is 11.3. The van der Waals surface area contributed by atoms with Crippen LogP contribution in [0.1, 0.15) is 15.9 Å². The third-order valence-corrected chi connectivity index (χ3v) is 2.71. The van der Waals surface area contributed by atoms with Crippen LogP contribution < -0.4 is 4.74 Å². The van der Waals surface area contributed by atoms with Gasteiger partial charge in [-0.05, 0) is 38.7 Å². The van der Waals surface area contributed by atoms with E-state index in [1.165, 1.54) is 0 Å². The van der Waals surface area contributed by atoms with E-state index in [1.807, 2.05) is 19.1 Å². The van der Waals surface area contributed by atoms with Crippen molar-refractivity contribution in [3.63, 3.8) is 0 Å². The fraction of sp³-hybridized carbons (Fsp3) is 0.286. The quantitative estimate of drug-likeness (QED) is 0.566. The van der Waals surface area contributed by atoms with Gasteiger partial charge < -0.3 is 9.47 Å². The number of cyclic esters (lactones) is 1. The Hall–Kier alpha value is -2.14. The Morgan fingerprint density at radius 3 is 2.37 bits per heavy atom. The van der Waals surface area contributed by atoms with Crippen molar-refractivity contribution in [1.29, 1.82) is 0 Å². The minimum atomic E-state index is -0.236. The zero-order valence-electron chi connectivity index (χ0n) is 11.1. The molecular weight excluding hydrogens is 246 g/mol. The molecule has 100 valence electrons. The smallest absolute Gasteiger partial charge is 0.365 e. The molecule has 0 aliphatic carbocycles. The fourth-order valence-corrected chi connectivity index (χ4v) is 1.62. The number of hydrogen-bond acceptors (Lipinski definition) is 5. The minimum Gasteiger partial charge on any atom is -0.453 e. The van der Waals surface area contributed by atoms with Crippen LogP contribution in [0.15, 0.2) is 30.5 Å². The van der Waals surface area contributed by atoms with Gasteiger partial charge in [0.25, 0.3) is 6.23 Å². The zero-order chi connectivity index (χ0) is 14.2. The van der Waals surface area contributed by atoms with Gasteiger partial charge in [0.1, 0.15) is 5.75 Å². The molecule has 1 atom stereocenters. The van der Waals surface area contributed by atoms with E-state index in [0.717, 1.165) is 5.56 Å². The molecule has 0 aromatic heterocycles. The Bertz CT molecular complexity index is 563. The molecule has 5 nitrogen and oxygen atoms in total. The van der Waals surface area contributed by atoms with Crippen LogP contribution in [0.25, 0.3) is 0 Å². The summed E-state index contributed by atoms with van der Waals surface area (Å²) in [5.41, 5.74) is 1.70. The van der Waals surface area contributed by atoms with Crippen molar-refractivity contribution in [2.75, 3.05) is 14.1 Å². The number of carbonyl (C=O) groups is 2. The number of fused-ring (bicyclic) bond motifs is 1. The molecule has 0 bridgehead atoms. The summed E-state index contributed by atoms with van der Waals surface area (Å²) in [7, 11) is 3.60. The highest BCUT2D eigenvalue weighted by molar-refractivity contribution is 6.11. The van der Waals surface area contributed by atoms with Gasteiger partial charge >= 0.3 is 5.97 Å². The number of benzene rings is 1. The summed E-state index contributed by atoms with van der Waals surface area (Å²) < 4.78 is 9.62. The lowest BCUT2D eigenvalue weighted by molar-refractivity contribution is -0.117. The summed E-state index contributed by atoms with van der Waals surface area (Å²) >= 11 is 0. The monoisotopic (exact) mass is 261 g/mol. The number of epoxide rings is 1. The van der Waals surface area contributed by atoms with Gasteiger partial charge in [0.05, 0.1) is 5.56 Å². The third kappa shape index (κ3) is 2.82. The summed E-state index contributed by atoms with van der Waals surface area (Å²) in [6, 6.07) is 5.50. The second-order valence-corrected chi connectivity index (χ2v) is 4.61. The van der Waals surface area contributed by atoms with Crippen LogP contribution >= 0.6 is 0 Å². The number of aryl methyl sites for hydroxylation is 1. The van der Waals surface area contributed by atoms with Crippen LogP contribution in [0.2, 0.25) is 0 Å². The number of ether oxygens (including phenoxy) is 2. The molecule has 0 N–H and O–H groups in total. The van der Waals surface area contributed by atoms with E-state index >= 15 is 0 Å². The number of nitrogens with zero attached hydrogens (tertiary/aromatic N) is 1. The number of Topliss-reactive ketones (excluding diaryl/α,β-unsaturated/α-hetero) is 1. The van der Waals surface area contributed by atoms with Gasteiger partial charge in [-0.1, -0.05) is 12.6 Å². The first-order valence-electron chi connectivity index (χ1n) is 5.79. The maximum absolute atomic E-state index is 11.3. The van der Waals surface area contributed by atoms with Crippen molar-refractivity contribution in [3.05, 3.63) is 41.7 Å². The molecule has 2 heterocycles. The second-order valence-electron chi connectivity index (χ2n) is 4.61. The first-order chi connectivity index (χ1) is 8.90. The van der Waals surface area contributed by atoms with Gasteiger partial charge in [0, 0.05) is 0 Å². The van der Waals surface area contributed by atoms with Crippen LogP contribution in [-0.4, -0.2) is 37.0 Å². The number of ketones is 1. The first-order valence-corrected chi connectivity index (χ1v) is 5.79. The lowest BCUT2D eigenvalue weighted by atomic mass is 10.1. The molecule has 19 heavy (non-hydrogen) atoms. The molecule has 2 aliphatic heterocycles. The Kier molecular flexibility index (Phi) is 3.40. The van der Waals surface area contributed by atoms with Crippen molar-refractivity contribution in [3.8, 4) is 5.75 Å². The van der Waals surface area contributed by atoms with Gasteiger partial charge in [-0.2, -0.15) is 0 Å². The number of allylic oxidation sites excluding steroid dienone is 1. The normalized spacial score (nSPS) is 19.4. The Morgan fingerprint density at radius 1 is 1.26 bits per heavy atom. The van der Waals surface area contributed by atoms with E-state index in [-0.39, 0.29) is 23.7 Å². The molecule has 5 heteroatoms. The minimum absolute atomic E-state index is 0.106. The van der Waals surface area contributed by atoms with E-state index in [2.05, 4.69) is 11.3 Å². The van der Waals surface area contributed by atoms with Crippen molar-refractivity contribution < 1.29 is 19.1 Å². The standard InChI is InChI=1S/C10H8O2.C4H7NO2/c1-6-3-4-8-9(5-6)12-7(2)10(8)11;1-5(2)3-4(6)7-3/h3-5H,2H2,1H3;3H,1-2H3. The molecule has 1 unspecified atom stereocenters. The molecule has 0 amide bonds. The van der Waals surface area contributed by atoms with Crippen molar-refractivity contribution in [2.24, 2.45) is 0 Å². The Labute approximate surface area is 111 Å². The van der Waals surface area contributed by atoms with Gasteiger partial charge in [-0.3, -0.25) is 9.69 Å². The highest BCUT2D eigenvalue weighted by Gasteiger charge is 2.39. The number of carbonyl (C=O) groups excluding carboxylic acids is 2. The van der Waals surface area contributed by atoms with Crippen LogP contribution in [-0.2, 0) is 9.53 Å². The van der Waals surface area contributed by atoms with Crippen molar-refractivity contribution in [2.45, 2.75) is 13.2 Å². The maximum Gasteiger partial charge on any atom is 0.365 e. The largest absolute Gasteiger partial charge is 0.453 e. The highest BCUT2D eigenvalue weighted by Crippen LogP contribution is 2.30. The fourth-order valence-electron chi connectivity index (χ4n) is 1.62. The van der Waals surface area contributed by atoms with Gasteiger partial charge in [-0.15, -0.1) is 0 Å². The summed E-state index contributed by atoms with van der Waals surface area (Å²) in [5, 5.41) is 0. The zero-order valence-corrected chi connectivity index (χ0v) is 11.1. The van der Waals surface area contributed by atoms with Crippen LogP contribution in [0, 0.1) is 6.92 Å². The molecule has 1 fully saturated rings. The third-order valence-electron chi connectivity index (χ3n) is 2.71. The lowest BCUT2D eigenvalue weighted by Crippen LogP contribution is -2.15. The molecule has 1 aromatic carbocycles. The molecule has 2 aliphatic rings. The Morgan fingerprint density at radius 2 is 1.89 bits per heavy atom. The Balaban J connectivity index is 0.000000163. The van der Waals surface area contributed by atoms with E-state index < -0.39 is 0 Å². The predicted octanol–water partition coefficient (Wildman–Crippen LogP) is 1.51. The van der Waals surface area contributed by atoms with E-state index in [0.29, 0.717) is 11.3 Å². The molecule has 1 saturated heterocycles. The molecule has 0 spiro atoms. The second kappa shape index (κ2) is 4.85. The van der Waals surface area contributed by atoms with Gasteiger partial charge in [0.2, 0.25) is 5.78 Å². The molecule has 0 saturated carbocycles. The first kappa shape index (κ1) is 13.3. The summed E-state index contributed by atoms with van der Waals surface area (Å²) in [5.74, 6) is 0.621. The van der Waals surface area contributed by atoms with E-state index in [1.54, 1.807) is 25.1 Å². The summed E-state index contributed by atoms with van der Waals surface area (Å²) in [6.07, 6.45) is -0.236. The lowest BCUT2D eigenvalue weighted by Gasteiger charge is -1.96. The van der Waals surface area contributed by atoms with Gasteiger partial charge in [-0.25, -0.2) is 4.79 Å². The van der Waals surface area contributed by atoms with Crippen molar-refractivity contribution in [1.82, 2.24) is 4.90 Å².